The summed E-state index contributed by atoms with van der Waals surface area (Å²) in [6.07, 6.45) is 6.73. The van der Waals surface area contributed by atoms with Crippen LogP contribution in [0.2, 0.25) is 0 Å². The third-order valence-electron chi connectivity index (χ3n) is 4.14. The molecule has 1 amide bonds. The van der Waals surface area contributed by atoms with E-state index >= 15 is 0 Å². The molecule has 5 heteroatoms. The van der Waals surface area contributed by atoms with Crippen LogP contribution < -0.4 is 14.8 Å². The minimum Gasteiger partial charge on any atom is -0.454 e. The van der Waals surface area contributed by atoms with Gasteiger partial charge in [-0.1, -0.05) is 18.2 Å². The highest BCUT2D eigenvalue weighted by Crippen LogP contribution is 2.34. The fourth-order valence-electron chi connectivity index (χ4n) is 2.80. The molecular formula is C17H21NO4. The molecule has 1 aliphatic heterocycles. The predicted molar refractivity (Wildman–Crippen MR) is 81.6 cm³/mol. The lowest BCUT2D eigenvalue weighted by Crippen LogP contribution is -2.32. The van der Waals surface area contributed by atoms with E-state index in [0.717, 1.165) is 24.8 Å². The van der Waals surface area contributed by atoms with E-state index in [1.165, 1.54) is 0 Å². The molecule has 0 saturated carbocycles. The highest BCUT2D eigenvalue weighted by Gasteiger charge is 2.19. The van der Waals surface area contributed by atoms with E-state index in [1.807, 2.05) is 6.07 Å². The zero-order valence-electron chi connectivity index (χ0n) is 12.5. The summed E-state index contributed by atoms with van der Waals surface area (Å²) < 4.78 is 10.5. The van der Waals surface area contributed by atoms with Gasteiger partial charge in [-0.2, -0.15) is 0 Å². The number of fused-ring (bicyclic) bond motifs is 1. The van der Waals surface area contributed by atoms with Crippen LogP contribution in [0.3, 0.4) is 0 Å². The lowest BCUT2D eigenvalue weighted by Gasteiger charge is -2.18. The van der Waals surface area contributed by atoms with Gasteiger partial charge in [0.1, 0.15) is 0 Å². The van der Waals surface area contributed by atoms with Crippen molar-refractivity contribution in [1.29, 1.82) is 0 Å². The van der Waals surface area contributed by atoms with Crippen LogP contribution in [0, 0.1) is 5.92 Å². The van der Waals surface area contributed by atoms with Crippen molar-refractivity contribution in [2.45, 2.75) is 31.8 Å². The van der Waals surface area contributed by atoms with Crippen LogP contribution in [0.1, 0.15) is 37.4 Å². The first-order valence-electron chi connectivity index (χ1n) is 7.74. The van der Waals surface area contributed by atoms with E-state index < -0.39 is 6.10 Å². The molecule has 1 aromatic carbocycles. The quantitative estimate of drug-likeness (QED) is 0.819. The number of nitrogens with one attached hydrogen (secondary N) is 1. The number of aliphatic hydroxyl groups excluding tert-OH is 1. The molecule has 1 heterocycles. The number of hydrogen-bond acceptors (Lipinski definition) is 4. The van der Waals surface area contributed by atoms with Crippen molar-refractivity contribution in [2.75, 3.05) is 13.3 Å². The zero-order valence-corrected chi connectivity index (χ0v) is 12.5. The summed E-state index contributed by atoms with van der Waals surface area (Å²) in [6, 6.07) is 5.42. The van der Waals surface area contributed by atoms with Gasteiger partial charge in [0.05, 0.1) is 6.10 Å². The van der Waals surface area contributed by atoms with E-state index in [-0.39, 0.29) is 18.6 Å². The fourth-order valence-corrected chi connectivity index (χ4v) is 2.80. The second kappa shape index (κ2) is 6.83. The highest BCUT2D eigenvalue weighted by molar-refractivity contribution is 5.78. The Morgan fingerprint density at radius 3 is 3.00 bits per heavy atom. The molecular weight excluding hydrogens is 282 g/mol. The van der Waals surface area contributed by atoms with Crippen molar-refractivity contribution in [3.8, 4) is 11.5 Å². The lowest BCUT2D eigenvalue weighted by molar-refractivity contribution is -0.125. The SMILES string of the molecule is O=C(NCC[C@H](O)c1ccc2c(c1)OCO2)[C@H]1CC=CCC1. The molecule has 0 bridgehead atoms. The summed E-state index contributed by atoms with van der Waals surface area (Å²) in [5.74, 6) is 1.53. The predicted octanol–water partition coefficient (Wildman–Crippen LogP) is 2.31. The van der Waals surface area contributed by atoms with Crippen molar-refractivity contribution < 1.29 is 19.4 Å². The number of aliphatic hydroxyl groups is 1. The molecule has 1 aromatic rings. The Kier molecular flexibility index (Phi) is 4.63. The molecule has 118 valence electrons. The van der Waals surface area contributed by atoms with Crippen LogP contribution in [-0.2, 0) is 4.79 Å². The monoisotopic (exact) mass is 303 g/mol. The van der Waals surface area contributed by atoms with Gasteiger partial charge in [-0.25, -0.2) is 0 Å². The van der Waals surface area contributed by atoms with Crippen LogP contribution in [0.25, 0.3) is 0 Å². The minimum atomic E-state index is -0.624. The zero-order chi connectivity index (χ0) is 15.4. The molecule has 2 atom stereocenters. The minimum absolute atomic E-state index is 0.0766. The smallest absolute Gasteiger partial charge is 0.231 e. The number of ether oxygens (including phenoxy) is 2. The van der Waals surface area contributed by atoms with Crippen LogP contribution >= 0.6 is 0 Å². The summed E-state index contributed by atoms with van der Waals surface area (Å²) in [4.78, 5) is 12.0. The van der Waals surface area contributed by atoms with Gasteiger partial charge in [0.15, 0.2) is 11.5 Å². The van der Waals surface area contributed by atoms with Crippen molar-refractivity contribution >= 4 is 5.91 Å². The Labute approximate surface area is 129 Å². The van der Waals surface area contributed by atoms with Gasteiger partial charge in [-0.15, -0.1) is 0 Å². The largest absolute Gasteiger partial charge is 0.454 e. The summed E-state index contributed by atoms with van der Waals surface area (Å²) in [7, 11) is 0. The molecule has 3 rings (SSSR count). The standard InChI is InChI=1S/C17H21NO4/c19-14(13-6-7-15-16(10-13)22-11-21-15)8-9-18-17(20)12-4-2-1-3-5-12/h1-2,6-7,10,12,14,19H,3-5,8-9,11H2,(H,18,20)/t12-,14-/m0/s1. The van der Waals surface area contributed by atoms with E-state index in [2.05, 4.69) is 17.5 Å². The summed E-state index contributed by atoms with van der Waals surface area (Å²) in [5.41, 5.74) is 0.777. The summed E-state index contributed by atoms with van der Waals surface area (Å²) >= 11 is 0. The number of benzene rings is 1. The topological polar surface area (TPSA) is 67.8 Å². The van der Waals surface area contributed by atoms with Crippen LogP contribution in [-0.4, -0.2) is 24.4 Å². The van der Waals surface area contributed by atoms with E-state index in [1.54, 1.807) is 12.1 Å². The third-order valence-corrected chi connectivity index (χ3v) is 4.14. The molecule has 1 aliphatic carbocycles. The maximum atomic E-state index is 12.0. The number of allylic oxidation sites excluding steroid dienone is 2. The van der Waals surface area contributed by atoms with Gasteiger partial charge in [-0.3, -0.25) is 4.79 Å². The Bertz CT molecular complexity index is 570. The van der Waals surface area contributed by atoms with Gasteiger partial charge >= 0.3 is 0 Å². The van der Waals surface area contributed by atoms with Gasteiger partial charge in [0.2, 0.25) is 12.7 Å². The number of rotatable bonds is 5. The number of hydrogen-bond donors (Lipinski definition) is 2. The Balaban J connectivity index is 1.47. The van der Waals surface area contributed by atoms with Gasteiger partial charge in [0, 0.05) is 12.5 Å². The third kappa shape index (κ3) is 3.42. The molecule has 0 spiro atoms. The van der Waals surface area contributed by atoms with Gasteiger partial charge in [-0.05, 0) is 43.4 Å². The number of carbonyl (C=O) groups excluding carboxylic acids is 1. The van der Waals surface area contributed by atoms with E-state index in [0.29, 0.717) is 24.5 Å². The second-order valence-electron chi connectivity index (χ2n) is 5.69. The van der Waals surface area contributed by atoms with Crippen molar-refractivity contribution in [1.82, 2.24) is 5.32 Å². The van der Waals surface area contributed by atoms with Gasteiger partial charge in [0.25, 0.3) is 0 Å². The first kappa shape index (κ1) is 14.9. The molecule has 0 fully saturated rings. The maximum absolute atomic E-state index is 12.0. The van der Waals surface area contributed by atoms with Crippen molar-refractivity contribution in [2.24, 2.45) is 5.92 Å². The summed E-state index contributed by atoms with van der Waals surface area (Å²) in [6.45, 7) is 0.690. The molecule has 0 unspecified atom stereocenters. The highest BCUT2D eigenvalue weighted by atomic mass is 16.7. The van der Waals surface area contributed by atoms with E-state index in [4.69, 9.17) is 9.47 Å². The fraction of sp³-hybridized carbons (Fsp3) is 0.471. The maximum Gasteiger partial charge on any atom is 0.231 e. The summed E-state index contributed by atoms with van der Waals surface area (Å²) in [5, 5.41) is 13.1. The molecule has 2 N–H and O–H groups in total. The Hall–Kier alpha value is -2.01. The Morgan fingerprint density at radius 1 is 1.32 bits per heavy atom. The lowest BCUT2D eigenvalue weighted by atomic mass is 9.93. The van der Waals surface area contributed by atoms with Gasteiger partial charge < -0.3 is 19.9 Å². The average molecular weight is 303 g/mol. The van der Waals surface area contributed by atoms with Crippen molar-refractivity contribution in [3.63, 3.8) is 0 Å². The van der Waals surface area contributed by atoms with Crippen molar-refractivity contribution in [3.05, 3.63) is 35.9 Å². The molecule has 5 nitrogen and oxygen atoms in total. The van der Waals surface area contributed by atoms with Crippen LogP contribution in [0.15, 0.2) is 30.4 Å². The van der Waals surface area contributed by atoms with E-state index in [9.17, 15) is 9.90 Å². The Morgan fingerprint density at radius 2 is 2.18 bits per heavy atom. The molecule has 22 heavy (non-hydrogen) atoms. The number of carbonyl (C=O) groups is 1. The number of amides is 1. The van der Waals surface area contributed by atoms with Crippen LogP contribution in [0.4, 0.5) is 0 Å². The average Bonchev–Trinajstić information content (AvgIpc) is 3.03. The molecule has 2 aliphatic rings. The molecule has 0 radical (unpaired) electrons. The molecule has 0 saturated heterocycles. The molecule has 0 aromatic heterocycles. The normalized spacial score (nSPS) is 20.7. The second-order valence-corrected chi connectivity index (χ2v) is 5.69. The first-order valence-corrected chi connectivity index (χ1v) is 7.74. The van der Waals surface area contributed by atoms with Crippen LogP contribution in [0.5, 0.6) is 11.5 Å². The first-order chi connectivity index (χ1) is 10.7.